The lowest BCUT2D eigenvalue weighted by molar-refractivity contribution is -0.139. The molecule has 0 unspecified atom stereocenters. The van der Waals surface area contributed by atoms with Crippen molar-refractivity contribution in [2.24, 2.45) is 0 Å². The average Bonchev–Trinajstić information content (AvgIpc) is 2.97. The van der Waals surface area contributed by atoms with Crippen molar-refractivity contribution < 1.29 is 22.4 Å². The summed E-state index contributed by atoms with van der Waals surface area (Å²) in [4.78, 5) is 28.7. The van der Waals surface area contributed by atoms with Gasteiger partial charge in [-0.25, -0.2) is 12.8 Å². The molecule has 2 amide bonds. The summed E-state index contributed by atoms with van der Waals surface area (Å²) in [6.07, 6.45) is 4.99. The van der Waals surface area contributed by atoms with Gasteiger partial charge in [-0.15, -0.1) is 0 Å². The quantitative estimate of drug-likeness (QED) is 0.317. The molecule has 218 valence electrons. The number of rotatable bonds is 10. The lowest BCUT2D eigenvalue weighted by Crippen LogP contribution is -2.53. The second-order valence-corrected chi connectivity index (χ2v) is 12.7. The molecule has 1 atom stereocenters. The highest BCUT2D eigenvalue weighted by Gasteiger charge is 2.33. The molecule has 0 heterocycles. The van der Waals surface area contributed by atoms with Crippen LogP contribution in [0.3, 0.4) is 0 Å². The second kappa shape index (κ2) is 13.5. The van der Waals surface area contributed by atoms with E-state index < -0.39 is 34.3 Å². The van der Waals surface area contributed by atoms with Gasteiger partial charge in [0.25, 0.3) is 10.0 Å². The van der Waals surface area contributed by atoms with Gasteiger partial charge in [-0.05, 0) is 62.6 Å². The first-order valence-electron chi connectivity index (χ1n) is 13.7. The molecule has 1 N–H and O–H groups in total. The van der Waals surface area contributed by atoms with Crippen molar-refractivity contribution in [3.8, 4) is 0 Å². The van der Waals surface area contributed by atoms with Gasteiger partial charge in [-0.1, -0.05) is 78.9 Å². The molecule has 4 rings (SSSR count). The van der Waals surface area contributed by atoms with E-state index in [-0.39, 0.29) is 34.1 Å². The van der Waals surface area contributed by atoms with Crippen LogP contribution in [0.15, 0.2) is 77.7 Å². The Kier molecular flexibility index (Phi) is 10.0. The standard InChI is InChI=1S/C31H35ClFN3O4S/c1-22-13-15-24(16-14-22)20-35(23(2)31(38)34-25-9-5-3-6-10-25)30(37)21-36(26-17-18-29(33)28(32)19-26)41(39,40)27-11-7-4-8-12-27/h4,7-8,11-19,23,25H,3,5-6,9-10,20-21H2,1-2H3,(H,34,38)/t23-/m1/s1. The Labute approximate surface area is 246 Å². The van der Waals surface area contributed by atoms with E-state index in [4.69, 9.17) is 11.6 Å². The first-order valence-corrected chi connectivity index (χ1v) is 15.6. The van der Waals surface area contributed by atoms with E-state index in [1.54, 1.807) is 25.1 Å². The predicted octanol–water partition coefficient (Wildman–Crippen LogP) is 5.85. The SMILES string of the molecule is Cc1ccc(CN(C(=O)CN(c2ccc(F)c(Cl)c2)S(=O)(=O)c2ccccc2)[C@H](C)C(=O)NC2CCCCC2)cc1. The molecule has 3 aromatic carbocycles. The second-order valence-electron chi connectivity index (χ2n) is 10.4. The Balaban J connectivity index is 1.68. The first kappa shape index (κ1) is 30.5. The summed E-state index contributed by atoms with van der Waals surface area (Å²) >= 11 is 6.01. The fourth-order valence-corrected chi connectivity index (χ4v) is 6.53. The van der Waals surface area contributed by atoms with Crippen LogP contribution < -0.4 is 9.62 Å². The van der Waals surface area contributed by atoms with E-state index in [1.807, 2.05) is 31.2 Å². The number of amides is 2. The number of carbonyl (C=O) groups excluding carboxylic acids is 2. The normalized spacial score (nSPS) is 14.7. The van der Waals surface area contributed by atoms with Gasteiger partial charge in [0.15, 0.2) is 0 Å². The zero-order valence-electron chi connectivity index (χ0n) is 23.2. The molecule has 1 fully saturated rings. The van der Waals surface area contributed by atoms with Crippen LogP contribution in [0, 0.1) is 12.7 Å². The van der Waals surface area contributed by atoms with E-state index in [1.165, 1.54) is 29.2 Å². The van der Waals surface area contributed by atoms with E-state index in [0.29, 0.717) is 0 Å². The third-order valence-electron chi connectivity index (χ3n) is 7.39. The summed E-state index contributed by atoms with van der Waals surface area (Å²) in [5.41, 5.74) is 1.87. The van der Waals surface area contributed by atoms with E-state index >= 15 is 0 Å². The molecule has 0 aromatic heterocycles. The summed E-state index contributed by atoms with van der Waals surface area (Å²) in [7, 11) is -4.26. The fraction of sp³-hybridized carbons (Fsp3) is 0.355. The molecule has 0 bridgehead atoms. The number of hydrogen-bond acceptors (Lipinski definition) is 4. The van der Waals surface area contributed by atoms with Crippen LogP contribution >= 0.6 is 11.6 Å². The van der Waals surface area contributed by atoms with Gasteiger partial charge in [0.1, 0.15) is 18.4 Å². The lowest BCUT2D eigenvalue weighted by atomic mass is 9.95. The Morgan fingerprint density at radius 1 is 1.00 bits per heavy atom. The minimum atomic E-state index is -4.26. The van der Waals surface area contributed by atoms with Crippen molar-refractivity contribution in [2.75, 3.05) is 10.8 Å². The van der Waals surface area contributed by atoms with Crippen LogP contribution in [0.4, 0.5) is 10.1 Å². The minimum absolute atomic E-state index is 0.0307. The van der Waals surface area contributed by atoms with Crippen LogP contribution in [0.1, 0.15) is 50.2 Å². The van der Waals surface area contributed by atoms with Crippen molar-refractivity contribution in [1.29, 1.82) is 0 Å². The van der Waals surface area contributed by atoms with Gasteiger partial charge >= 0.3 is 0 Å². The molecular weight excluding hydrogens is 565 g/mol. The van der Waals surface area contributed by atoms with Gasteiger partial charge in [-0.3, -0.25) is 13.9 Å². The first-order chi connectivity index (χ1) is 19.6. The number of nitrogens with zero attached hydrogens (tertiary/aromatic N) is 2. The third kappa shape index (κ3) is 7.65. The zero-order valence-corrected chi connectivity index (χ0v) is 24.8. The number of benzene rings is 3. The highest BCUT2D eigenvalue weighted by atomic mass is 35.5. The van der Waals surface area contributed by atoms with Crippen LogP contribution in [-0.4, -0.2) is 43.8 Å². The number of sulfonamides is 1. The van der Waals surface area contributed by atoms with Gasteiger partial charge in [0.2, 0.25) is 11.8 Å². The maximum absolute atomic E-state index is 14.0. The monoisotopic (exact) mass is 599 g/mol. The number of anilines is 1. The Hall–Kier alpha value is -3.43. The molecule has 10 heteroatoms. The number of aryl methyl sites for hydroxylation is 1. The number of nitrogens with one attached hydrogen (secondary N) is 1. The van der Waals surface area contributed by atoms with Crippen LogP contribution in [0.25, 0.3) is 0 Å². The Morgan fingerprint density at radius 3 is 2.29 bits per heavy atom. The minimum Gasteiger partial charge on any atom is -0.352 e. The average molecular weight is 600 g/mol. The highest BCUT2D eigenvalue weighted by Crippen LogP contribution is 2.28. The van der Waals surface area contributed by atoms with Crippen molar-refractivity contribution in [1.82, 2.24) is 10.2 Å². The summed E-state index contributed by atoms with van der Waals surface area (Å²) in [5.74, 6) is -1.59. The molecule has 3 aromatic rings. The molecule has 1 aliphatic rings. The van der Waals surface area contributed by atoms with Crippen molar-refractivity contribution in [3.05, 3.63) is 94.8 Å². The van der Waals surface area contributed by atoms with E-state index in [0.717, 1.165) is 53.6 Å². The van der Waals surface area contributed by atoms with Gasteiger partial charge in [-0.2, -0.15) is 0 Å². The lowest BCUT2D eigenvalue weighted by Gasteiger charge is -2.33. The largest absolute Gasteiger partial charge is 0.352 e. The van der Waals surface area contributed by atoms with Gasteiger partial charge < -0.3 is 10.2 Å². The molecule has 0 radical (unpaired) electrons. The fourth-order valence-electron chi connectivity index (χ4n) is 4.93. The summed E-state index contributed by atoms with van der Waals surface area (Å²) in [5, 5.41) is 2.80. The molecule has 0 saturated heterocycles. The summed E-state index contributed by atoms with van der Waals surface area (Å²) in [6.45, 7) is 3.08. The van der Waals surface area contributed by atoms with E-state index in [9.17, 15) is 22.4 Å². The molecule has 7 nitrogen and oxygen atoms in total. The zero-order chi connectivity index (χ0) is 29.6. The Morgan fingerprint density at radius 2 is 1.66 bits per heavy atom. The number of hydrogen-bond donors (Lipinski definition) is 1. The molecule has 0 aliphatic heterocycles. The van der Waals surface area contributed by atoms with Crippen molar-refractivity contribution in [3.63, 3.8) is 0 Å². The van der Waals surface area contributed by atoms with Crippen molar-refractivity contribution in [2.45, 2.75) is 69.5 Å². The highest BCUT2D eigenvalue weighted by molar-refractivity contribution is 7.92. The van der Waals surface area contributed by atoms with Gasteiger partial charge in [0.05, 0.1) is 15.6 Å². The smallest absolute Gasteiger partial charge is 0.264 e. The molecular formula is C31H35ClFN3O4S. The number of carbonyl (C=O) groups is 2. The summed E-state index contributed by atoms with van der Waals surface area (Å²) < 4.78 is 42.5. The molecule has 41 heavy (non-hydrogen) atoms. The maximum Gasteiger partial charge on any atom is 0.264 e. The van der Waals surface area contributed by atoms with E-state index in [2.05, 4.69) is 5.32 Å². The van der Waals surface area contributed by atoms with Crippen LogP contribution in [-0.2, 0) is 26.2 Å². The third-order valence-corrected chi connectivity index (χ3v) is 9.47. The topological polar surface area (TPSA) is 86.8 Å². The molecule has 1 saturated carbocycles. The maximum atomic E-state index is 14.0. The molecule has 1 aliphatic carbocycles. The van der Waals surface area contributed by atoms with Gasteiger partial charge in [0, 0.05) is 12.6 Å². The van der Waals surface area contributed by atoms with Crippen LogP contribution in [0.2, 0.25) is 5.02 Å². The Bertz CT molecular complexity index is 1460. The predicted molar refractivity (Wildman–Crippen MR) is 159 cm³/mol. The number of halogens is 2. The van der Waals surface area contributed by atoms with Crippen LogP contribution in [0.5, 0.6) is 0 Å². The molecule has 0 spiro atoms. The summed E-state index contributed by atoms with van der Waals surface area (Å²) in [6, 6.07) is 17.9. The van der Waals surface area contributed by atoms with Crippen molar-refractivity contribution >= 4 is 39.1 Å².